The fraction of sp³-hybridized carbons (Fsp3) is 0.667. The minimum absolute atomic E-state index is 0.0115. The van der Waals surface area contributed by atoms with Gasteiger partial charge in [-0.15, -0.1) is 0 Å². The summed E-state index contributed by atoms with van der Waals surface area (Å²) in [6, 6.07) is 0. The van der Waals surface area contributed by atoms with Crippen LogP contribution in [0.5, 0.6) is 0 Å². The Morgan fingerprint density at radius 3 is 3.11 bits per heavy atom. The molecule has 0 spiro atoms. The summed E-state index contributed by atoms with van der Waals surface area (Å²) >= 11 is 1.24. The molecular weight excluding hydrogens is 268 g/mol. The first-order valence-corrected chi connectivity index (χ1v) is 7.27. The SMILES string of the molecule is CCc1cnc(SCC(=O)O)n1CC1COCCO1. The Hall–Kier alpha value is -1.05. The predicted octanol–water partition coefficient (Wildman–Crippen LogP) is 1.04. The lowest BCUT2D eigenvalue weighted by atomic mass is 10.3. The molecule has 1 aromatic heterocycles. The Balaban J connectivity index is 2.06. The first kappa shape index (κ1) is 14.4. The highest BCUT2D eigenvalue weighted by Crippen LogP contribution is 2.20. The first-order chi connectivity index (χ1) is 9.20. The topological polar surface area (TPSA) is 73.6 Å². The van der Waals surface area contributed by atoms with Gasteiger partial charge in [-0.25, -0.2) is 4.98 Å². The van der Waals surface area contributed by atoms with Crippen LogP contribution in [0.4, 0.5) is 0 Å². The van der Waals surface area contributed by atoms with Crippen molar-refractivity contribution in [2.75, 3.05) is 25.6 Å². The van der Waals surface area contributed by atoms with Crippen molar-refractivity contribution in [3.8, 4) is 0 Å². The number of aryl methyl sites for hydroxylation is 1. The third-order valence-corrected chi connectivity index (χ3v) is 3.84. The lowest BCUT2D eigenvalue weighted by Gasteiger charge is -2.24. The van der Waals surface area contributed by atoms with E-state index in [1.807, 2.05) is 4.57 Å². The van der Waals surface area contributed by atoms with Gasteiger partial charge in [-0.05, 0) is 6.42 Å². The molecular formula is C12H18N2O4S. The Labute approximate surface area is 116 Å². The zero-order chi connectivity index (χ0) is 13.7. The fourth-order valence-electron chi connectivity index (χ4n) is 1.96. The molecule has 19 heavy (non-hydrogen) atoms. The van der Waals surface area contributed by atoms with Crippen LogP contribution in [-0.2, 0) is 27.2 Å². The second-order valence-electron chi connectivity index (χ2n) is 4.25. The minimum atomic E-state index is -0.838. The van der Waals surface area contributed by atoms with Crippen LogP contribution >= 0.6 is 11.8 Å². The smallest absolute Gasteiger partial charge is 0.313 e. The summed E-state index contributed by atoms with van der Waals surface area (Å²) in [5.74, 6) is -0.822. The minimum Gasteiger partial charge on any atom is -0.481 e. The van der Waals surface area contributed by atoms with Gasteiger partial charge >= 0.3 is 5.97 Å². The van der Waals surface area contributed by atoms with Crippen LogP contribution in [0, 0.1) is 0 Å². The molecule has 0 amide bonds. The van der Waals surface area contributed by atoms with Crippen molar-refractivity contribution in [2.45, 2.75) is 31.1 Å². The molecule has 1 aromatic rings. The molecule has 0 bridgehead atoms. The van der Waals surface area contributed by atoms with Gasteiger partial charge in [0.1, 0.15) is 0 Å². The number of imidazole rings is 1. The van der Waals surface area contributed by atoms with Crippen LogP contribution in [-0.4, -0.2) is 52.3 Å². The molecule has 0 aromatic carbocycles. The van der Waals surface area contributed by atoms with E-state index in [1.165, 1.54) is 11.8 Å². The van der Waals surface area contributed by atoms with Gasteiger partial charge in [0.15, 0.2) is 5.16 Å². The van der Waals surface area contributed by atoms with Crippen LogP contribution < -0.4 is 0 Å². The van der Waals surface area contributed by atoms with Gasteiger partial charge in [-0.1, -0.05) is 18.7 Å². The highest BCUT2D eigenvalue weighted by atomic mass is 32.2. The zero-order valence-electron chi connectivity index (χ0n) is 10.9. The molecule has 1 atom stereocenters. The summed E-state index contributed by atoms with van der Waals surface area (Å²) in [6.45, 7) is 4.53. The van der Waals surface area contributed by atoms with E-state index in [0.717, 1.165) is 17.3 Å². The number of aliphatic carboxylic acids is 1. The molecule has 1 N–H and O–H groups in total. The summed E-state index contributed by atoms with van der Waals surface area (Å²) in [5, 5.41) is 9.48. The molecule has 0 radical (unpaired) electrons. The molecule has 106 valence electrons. The molecule has 1 aliphatic heterocycles. The molecule has 2 rings (SSSR count). The fourth-order valence-corrected chi connectivity index (χ4v) is 2.68. The molecule has 7 heteroatoms. The van der Waals surface area contributed by atoms with Crippen LogP contribution in [0.25, 0.3) is 0 Å². The van der Waals surface area contributed by atoms with Crippen molar-refractivity contribution >= 4 is 17.7 Å². The van der Waals surface area contributed by atoms with Crippen molar-refractivity contribution in [2.24, 2.45) is 0 Å². The number of carbonyl (C=O) groups is 1. The van der Waals surface area contributed by atoms with Crippen molar-refractivity contribution < 1.29 is 19.4 Å². The number of carboxylic acids is 1. The Morgan fingerprint density at radius 2 is 2.47 bits per heavy atom. The summed E-state index contributed by atoms with van der Waals surface area (Å²) in [7, 11) is 0. The van der Waals surface area contributed by atoms with Gasteiger partial charge in [-0.2, -0.15) is 0 Å². The molecule has 1 saturated heterocycles. The van der Waals surface area contributed by atoms with Crippen molar-refractivity contribution in [3.63, 3.8) is 0 Å². The van der Waals surface area contributed by atoms with E-state index in [0.29, 0.717) is 26.4 Å². The Bertz CT molecular complexity index is 429. The maximum Gasteiger partial charge on any atom is 0.313 e. The maximum atomic E-state index is 10.6. The highest BCUT2D eigenvalue weighted by Gasteiger charge is 2.19. The molecule has 1 aliphatic rings. The van der Waals surface area contributed by atoms with Crippen LogP contribution in [0.2, 0.25) is 0 Å². The average Bonchev–Trinajstić information content (AvgIpc) is 2.80. The Morgan fingerprint density at radius 1 is 1.63 bits per heavy atom. The van der Waals surface area contributed by atoms with Gasteiger partial charge in [0.05, 0.1) is 38.2 Å². The molecule has 0 aliphatic carbocycles. The summed E-state index contributed by atoms with van der Waals surface area (Å²) in [5.41, 5.74) is 1.09. The first-order valence-electron chi connectivity index (χ1n) is 6.29. The number of carboxylic acid groups (broad SMARTS) is 1. The van der Waals surface area contributed by atoms with Crippen molar-refractivity contribution in [1.29, 1.82) is 0 Å². The lowest BCUT2D eigenvalue weighted by molar-refractivity contribution is -0.133. The Kier molecular flexibility index (Phi) is 5.24. The van der Waals surface area contributed by atoms with Gasteiger partial charge < -0.3 is 19.1 Å². The van der Waals surface area contributed by atoms with E-state index in [9.17, 15) is 4.79 Å². The summed E-state index contributed by atoms with van der Waals surface area (Å²) < 4.78 is 13.0. The third-order valence-electron chi connectivity index (χ3n) is 2.86. The van der Waals surface area contributed by atoms with E-state index >= 15 is 0 Å². The summed E-state index contributed by atoms with van der Waals surface area (Å²) in [6.07, 6.45) is 2.67. The van der Waals surface area contributed by atoms with E-state index in [-0.39, 0.29) is 11.9 Å². The molecule has 2 heterocycles. The largest absolute Gasteiger partial charge is 0.481 e. The number of aromatic nitrogens is 2. The molecule has 1 fully saturated rings. The second-order valence-corrected chi connectivity index (χ2v) is 5.19. The highest BCUT2D eigenvalue weighted by molar-refractivity contribution is 7.99. The molecule has 1 unspecified atom stereocenters. The number of hydrogen-bond donors (Lipinski definition) is 1. The van der Waals surface area contributed by atoms with Crippen LogP contribution in [0.15, 0.2) is 11.4 Å². The van der Waals surface area contributed by atoms with E-state index < -0.39 is 5.97 Å². The van der Waals surface area contributed by atoms with Crippen molar-refractivity contribution in [3.05, 3.63) is 11.9 Å². The van der Waals surface area contributed by atoms with Gasteiger partial charge in [0.25, 0.3) is 0 Å². The van der Waals surface area contributed by atoms with Crippen LogP contribution in [0.3, 0.4) is 0 Å². The van der Waals surface area contributed by atoms with Gasteiger partial charge in [0, 0.05) is 11.9 Å². The van der Waals surface area contributed by atoms with Crippen molar-refractivity contribution in [1.82, 2.24) is 9.55 Å². The number of ether oxygens (including phenoxy) is 2. The van der Waals surface area contributed by atoms with Gasteiger partial charge in [0.2, 0.25) is 0 Å². The third kappa shape index (κ3) is 3.95. The van der Waals surface area contributed by atoms with Crippen LogP contribution in [0.1, 0.15) is 12.6 Å². The maximum absolute atomic E-state index is 10.6. The summed E-state index contributed by atoms with van der Waals surface area (Å²) in [4.78, 5) is 14.9. The zero-order valence-corrected chi connectivity index (χ0v) is 11.7. The molecule has 0 saturated carbocycles. The monoisotopic (exact) mass is 286 g/mol. The second kappa shape index (κ2) is 6.93. The number of thioether (sulfide) groups is 1. The van der Waals surface area contributed by atoms with E-state index in [2.05, 4.69) is 11.9 Å². The predicted molar refractivity (Wildman–Crippen MR) is 70.5 cm³/mol. The molecule has 6 nitrogen and oxygen atoms in total. The average molecular weight is 286 g/mol. The number of nitrogens with zero attached hydrogens (tertiary/aromatic N) is 2. The van der Waals surface area contributed by atoms with E-state index in [4.69, 9.17) is 14.6 Å². The van der Waals surface area contributed by atoms with E-state index in [1.54, 1.807) is 6.20 Å². The quantitative estimate of drug-likeness (QED) is 0.788. The van der Waals surface area contributed by atoms with Gasteiger partial charge in [-0.3, -0.25) is 4.79 Å². The number of hydrogen-bond acceptors (Lipinski definition) is 5. The number of rotatable bonds is 6. The standard InChI is InChI=1S/C12H18N2O4S/c1-2-9-5-13-12(19-8-11(15)16)14(9)6-10-7-17-3-4-18-10/h5,10H,2-4,6-8H2,1H3,(H,15,16). The lowest BCUT2D eigenvalue weighted by Crippen LogP contribution is -2.32. The normalized spacial score (nSPS) is 19.5.